The number of aryl methyl sites for hydroxylation is 1. The molecule has 0 radical (unpaired) electrons. The fourth-order valence-corrected chi connectivity index (χ4v) is 3.54. The molecule has 0 unspecified atom stereocenters. The maximum atomic E-state index is 12.3. The Labute approximate surface area is 127 Å². The summed E-state index contributed by atoms with van der Waals surface area (Å²) in [6.07, 6.45) is 4.64. The summed E-state index contributed by atoms with van der Waals surface area (Å²) in [6, 6.07) is 1.95. The van der Waals surface area contributed by atoms with Crippen LogP contribution in [-0.2, 0) is 16.6 Å². The van der Waals surface area contributed by atoms with Crippen LogP contribution in [0.3, 0.4) is 0 Å². The van der Waals surface area contributed by atoms with Crippen LogP contribution in [0.5, 0.6) is 0 Å². The quantitative estimate of drug-likeness (QED) is 0.687. The molecule has 0 amide bonds. The lowest BCUT2D eigenvalue weighted by Crippen LogP contribution is -2.25. The Morgan fingerprint density at radius 2 is 2.10 bits per heavy atom. The van der Waals surface area contributed by atoms with Crippen molar-refractivity contribution >= 4 is 10.0 Å². The fourth-order valence-electron chi connectivity index (χ4n) is 2.26. The van der Waals surface area contributed by atoms with Crippen molar-refractivity contribution < 1.29 is 12.8 Å². The van der Waals surface area contributed by atoms with E-state index in [9.17, 15) is 8.42 Å². The second kappa shape index (κ2) is 6.94. The molecule has 0 spiro atoms. The zero-order valence-electron chi connectivity index (χ0n) is 13.1. The van der Waals surface area contributed by atoms with Gasteiger partial charge < -0.3 is 9.73 Å². The fraction of sp³-hybridized carbons (Fsp3) is 0.733. The highest BCUT2D eigenvalue weighted by molar-refractivity contribution is 7.89. The van der Waals surface area contributed by atoms with E-state index in [0.717, 1.165) is 18.8 Å². The minimum Gasteiger partial charge on any atom is -0.464 e. The highest BCUT2D eigenvalue weighted by Crippen LogP contribution is 2.33. The van der Waals surface area contributed by atoms with Gasteiger partial charge in [-0.05, 0) is 25.7 Å². The second-order valence-electron chi connectivity index (χ2n) is 6.15. The third-order valence-electron chi connectivity index (χ3n) is 3.68. The molecule has 1 aliphatic carbocycles. The zero-order valence-corrected chi connectivity index (χ0v) is 13.9. The zero-order chi connectivity index (χ0) is 15.5. The predicted molar refractivity (Wildman–Crippen MR) is 82.6 cm³/mol. The van der Waals surface area contributed by atoms with Crippen LogP contribution in [0.15, 0.2) is 15.4 Å². The van der Waals surface area contributed by atoms with Crippen molar-refractivity contribution in [1.82, 2.24) is 10.0 Å². The molecule has 2 rings (SSSR count). The topological polar surface area (TPSA) is 71.3 Å². The largest absolute Gasteiger partial charge is 0.464 e. The van der Waals surface area contributed by atoms with E-state index in [-0.39, 0.29) is 4.90 Å². The van der Waals surface area contributed by atoms with Crippen LogP contribution in [0.4, 0.5) is 0 Å². The number of sulfonamides is 1. The third kappa shape index (κ3) is 5.13. The van der Waals surface area contributed by atoms with Gasteiger partial charge in [0.05, 0.1) is 6.54 Å². The first kappa shape index (κ1) is 16.5. The lowest BCUT2D eigenvalue weighted by atomic mass is 10.2. The minimum atomic E-state index is -3.46. The van der Waals surface area contributed by atoms with Gasteiger partial charge >= 0.3 is 0 Å². The summed E-state index contributed by atoms with van der Waals surface area (Å²) in [5, 5.41) is 3.22. The highest BCUT2D eigenvalue weighted by Gasteiger charge is 2.23. The summed E-state index contributed by atoms with van der Waals surface area (Å²) in [6.45, 7) is 6.81. The molecule has 0 atom stereocenters. The average Bonchev–Trinajstić information content (AvgIpc) is 3.14. The SMILES string of the molecule is Cc1oc(CNC(C)C)cc1S(=O)(=O)NCCCC1CC1. The van der Waals surface area contributed by atoms with Gasteiger partial charge in [-0.1, -0.05) is 26.7 Å². The molecule has 6 heteroatoms. The van der Waals surface area contributed by atoms with E-state index >= 15 is 0 Å². The Hall–Kier alpha value is -0.850. The molecule has 21 heavy (non-hydrogen) atoms. The van der Waals surface area contributed by atoms with Crippen LogP contribution in [0.1, 0.15) is 51.1 Å². The smallest absolute Gasteiger partial charge is 0.244 e. The normalized spacial score (nSPS) is 15.8. The van der Waals surface area contributed by atoms with Crippen LogP contribution in [0.25, 0.3) is 0 Å². The van der Waals surface area contributed by atoms with E-state index in [1.165, 1.54) is 12.8 Å². The van der Waals surface area contributed by atoms with Crippen molar-refractivity contribution in [3.63, 3.8) is 0 Å². The summed E-state index contributed by atoms with van der Waals surface area (Å²) in [5.41, 5.74) is 0. The molecule has 0 aliphatic heterocycles. The summed E-state index contributed by atoms with van der Waals surface area (Å²) in [4.78, 5) is 0.259. The lowest BCUT2D eigenvalue weighted by molar-refractivity contribution is 0.444. The Kier molecular flexibility index (Phi) is 5.46. The lowest BCUT2D eigenvalue weighted by Gasteiger charge is -2.05. The van der Waals surface area contributed by atoms with E-state index in [1.807, 2.05) is 13.8 Å². The number of rotatable bonds is 9. The summed E-state index contributed by atoms with van der Waals surface area (Å²) < 4.78 is 32.7. The predicted octanol–water partition coefficient (Wildman–Crippen LogP) is 2.55. The molecule has 2 N–H and O–H groups in total. The minimum absolute atomic E-state index is 0.259. The number of hydrogen-bond donors (Lipinski definition) is 2. The van der Waals surface area contributed by atoms with Crippen molar-refractivity contribution in [3.05, 3.63) is 17.6 Å². The van der Waals surface area contributed by atoms with Gasteiger partial charge in [-0.15, -0.1) is 0 Å². The van der Waals surface area contributed by atoms with Crippen molar-refractivity contribution in [2.45, 2.75) is 63.9 Å². The Morgan fingerprint density at radius 3 is 2.71 bits per heavy atom. The number of hydrogen-bond acceptors (Lipinski definition) is 4. The summed E-state index contributed by atoms with van der Waals surface area (Å²) >= 11 is 0. The molecule has 1 aromatic heterocycles. The van der Waals surface area contributed by atoms with Gasteiger partial charge in [-0.25, -0.2) is 13.1 Å². The number of furan rings is 1. The van der Waals surface area contributed by atoms with Crippen molar-refractivity contribution in [2.24, 2.45) is 5.92 Å². The molecular formula is C15H26N2O3S. The summed E-state index contributed by atoms with van der Waals surface area (Å²) in [5.74, 6) is 1.93. The van der Waals surface area contributed by atoms with Crippen LogP contribution in [0, 0.1) is 12.8 Å². The first-order valence-electron chi connectivity index (χ1n) is 7.71. The average molecular weight is 314 g/mol. The van der Waals surface area contributed by atoms with Gasteiger partial charge in [0.25, 0.3) is 0 Å². The van der Waals surface area contributed by atoms with E-state index in [2.05, 4.69) is 10.0 Å². The molecule has 0 bridgehead atoms. The van der Waals surface area contributed by atoms with E-state index in [4.69, 9.17) is 4.42 Å². The highest BCUT2D eigenvalue weighted by atomic mass is 32.2. The van der Waals surface area contributed by atoms with E-state index in [1.54, 1.807) is 13.0 Å². The standard InChI is InChI=1S/C15H26N2O3S/c1-11(2)16-10-14-9-15(12(3)20-14)21(18,19)17-8-4-5-13-6-7-13/h9,11,13,16-17H,4-8,10H2,1-3H3. The Morgan fingerprint density at radius 1 is 1.38 bits per heavy atom. The van der Waals surface area contributed by atoms with Gasteiger partial charge in [-0.2, -0.15) is 0 Å². The maximum absolute atomic E-state index is 12.3. The van der Waals surface area contributed by atoms with Crippen molar-refractivity contribution in [1.29, 1.82) is 0 Å². The van der Waals surface area contributed by atoms with Gasteiger partial charge in [-0.3, -0.25) is 0 Å². The first-order chi connectivity index (χ1) is 9.88. The molecule has 0 aromatic carbocycles. The maximum Gasteiger partial charge on any atom is 0.244 e. The number of nitrogens with one attached hydrogen (secondary N) is 2. The molecule has 5 nitrogen and oxygen atoms in total. The molecular weight excluding hydrogens is 288 g/mol. The Bertz CT molecular complexity index is 559. The first-order valence-corrected chi connectivity index (χ1v) is 9.19. The van der Waals surface area contributed by atoms with Crippen molar-refractivity contribution in [3.8, 4) is 0 Å². The molecule has 1 heterocycles. The molecule has 1 saturated carbocycles. The molecule has 1 aliphatic rings. The monoisotopic (exact) mass is 314 g/mol. The molecule has 120 valence electrons. The van der Waals surface area contributed by atoms with Gasteiger partial charge in [0.2, 0.25) is 10.0 Å². The van der Waals surface area contributed by atoms with Gasteiger partial charge in [0.1, 0.15) is 16.4 Å². The molecule has 1 aromatic rings. The Balaban J connectivity index is 1.91. The van der Waals surface area contributed by atoms with E-state index in [0.29, 0.717) is 30.7 Å². The third-order valence-corrected chi connectivity index (χ3v) is 5.24. The van der Waals surface area contributed by atoms with Gasteiger partial charge in [0, 0.05) is 18.7 Å². The molecule has 1 fully saturated rings. The summed E-state index contributed by atoms with van der Waals surface area (Å²) in [7, 11) is -3.46. The van der Waals surface area contributed by atoms with Crippen LogP contribution in [0.2, 0.25) is 0 Å². The molecule has 0 saturated heterocycles. The second-order valence-corrected chi connectivity index (χ2v) is 7.89. The van der Waals surface area contributed by atoms with Crippen LogP contribution < -0.4 is 10.0 Å². The van der Waals surface area contributed by atoms with Crippen molar-refractivity contribution in [2.75, 3.05) is 6.54 Å². The van der Waals surface area contributed by atoms with Crippen LogP contribution >= 0.6 is 0 Å². The van der Waals surface area contributed by atoms with E-state index < -0.39 is 10.0 Å². The van der Waals surface area contributed by atoms with Crippen LogP contribution in [-0.4, -0.2) is 21.0 Å². The van der Waals surface area contributed by atoms with Gasteiger partial charge in [0.15, 0.2) is 0 Å².